The predicted octanol–water partition coefficient (Wildman–Crippen LogP) is 3.91. The molecule has 1 aliphatic heterocycles. The first-order valence-corrected chi connectivity index (χ1v) is 10.2. The van der Waals surface area contributed by atoms with Crippen LogP contribution in [0.15, 0.2) is 59.7 Å². The van der Waals surface area contributed by atoms with Gasteiger partial charge in [-0.15, -0.1) is 0 Å². The minimum atomic E-state index is -0.339. The van der Waals surface area contributed by atoms with Crippen LogP contribution in [0.1, 0.15) is 32.8 Å². The second kappa shape index (κ2) is 10.2. The molecule has 6 heteroatoms. The summed E-state index contributed by atoms with van der Waals surface area (Å²) in [6.45, 7) is 10.7. The van der Waals surface area contributed by atoms with E-state index in [1.54, 1.807) is 6.20 Å². The standard InChI is InChI=1S/C23H30FN5/c1-4-17(3)6-7-22(29-12-10-25-11-13-29)20(5-2)28-16-18-14-19(24)23-21(15-18)26-8-9-27-23/h5-9,14-15,25,28H,4,10-13,16H2,1-3H3/b17-6+,20-5+,22-7+. The molecule has 0 aliphatic carbocycles. The van der Waals surface area contributed by atoms with Gasteiger partial charge in [-0.2, -0.15) is 0 Å². The summed E-state index contributed by atoms with van der Waals surface area (Å²) in [5.74, 6) is -0.339. The molecule has 0 unspecified atom stereocenters. The molecule has 3 rings (SSSR count). The summed E-state index contributed by atoms with van der Waals surface area (Å²) < 4.78 is 14.4. The van der Waals surface area contributed by atoms with E-state index < -0.39 is 0 Å². The van der Waals surface area contributed by atoms with Gasteiger partial charge in [0.2, 0.25) is 0 Å². The quantitative estimate of drug-likeness (QED) is 0.696. The van der Waals surface area contributed by atoms with Crippen LogP contribution in [0.5, 0.6) is 0 Å². The van der Waals surface area contributed by atoms with Crippen LogP contribution >= 0.6 is 0 Å². The second-order valence-corrected chi connectivity index (χ2v) is 7.21. The van der Waals surface area contributed by atoms with E-state index in [4.69, 9.17) is 0 Å². The van der Waals surface area contributed by atoms with Crippen molar-refractivity contribution in [3.8, 4) is 0 Å². The molecule has 0 saturated carbocycles. The molecule has 0 spiro atoms. The Hall–Kier alpha value is -2.73. The van der Waals surface area contributed by atoms with Gasteiger partial charge in [-0.3, -0.25) is 4.98 Å². The van der Waals surface area contributed by atoms with Gasteiger partial charge in [0, 0.05) is 45.1 Å². The smallest absolute Gasteiger partial charge is 0.151 e. The van der Waals surface area contributed by atoms with E-state index in [1.165, 1.54) is 23.5 Å². The van der Waals surface area contributed by atoms with E-state index in [-0.39, 0.29) is 5.82 Å². The maximum Gasteiger partial charge on any atom is 0.151 e. The summed E-state index contributed by atoms with van der Waals surface area (Å²) in [6.07, 6.45) is 10.6. The fourth-order valence-electron chi connectivity index (χ4n) is 3.34. The zero-order valence-electron chi connectivity index (χ0n) is 17.5. The first-order chi connectivity index (χ1) is 14.1. The Morgan fingerprint density at radius 1 is 1.21 bits per heavy atom. The van der Waals surface area contributed by atoms with Crippen molar-refractivity contribution in [1.29, 1.82) is 0 Å². The molecule has 1 aromatic heterocycles. The van der Waals surface area contributed by atoms with Gasteiger partial charge in [-0.1, -0.05) is 24.6 Å². The molecule has 5 nitrogen and oxygen atoms in total. The maximum absolute atomic E-state index is 14.4. The number of piperazine rings is 1. The molecule has 0 atom stereocenters. The topological polar surface area (TPSA) is 53.1 Å². The summed E-state index contributed by atoms with van der Waals surface area (Å²) in [5.41, 5.74) is 5.28. The Kier molecular flexibility index (Phi) is 7.36. The number of hydrogen-bond acceptors (Lipinski definition) is 5. The lowest BCUT2D eigenvalue weighted by atomic mass is 10.1. The number of allylic oxidation sites excluding steroid dienone is 4. The van der Waals surface area contributed by atoms with Crippen LogP contribution in [0, 0.1) is 5.82 Å². The average molecular weight is 396 g/mol. The summed E-state index contributed by atoms with van der Waals surface area (Å²) in [4.78, 5) is 10.7. The number of rotatable bonds is 7. The van der Waals surface area contributed by atoms with Gasteiger partial charge in [-0.25, -0.2) is 9.37 Å². The third kappa shape index (κ3) is 5.41. The van der Waals surface area contributed by atoms with Gasteiger partial charge < -0.3 is 15.5 Å². The first kappa shape index (κ1) is 21.0. The van der Waals surface area contributed by atoms with Gasteiger partial charge in [0.25, 0.3) is 0 Å². The molecule has 1 aromatic carbocycles. The minimum Gasteiger partial charge on any atom is -0.380 e. The molecule has 154 valence electrons. The summed E-state index contributed by atoms with van der Waals surface area (Å²) >= 11 is 0. The van der Waals surface area contributed by atoms with Crippen LogP contribution in [0.3, 0.4) is 0 Å². The molecule has 0 amide bonds. The van der Waals surface area contributed by atoms with Gasteiger partial charge in [0.05, 0.1) is 16.9 Å². The van der Waals surface area contributed by atoms with E-state index in [2.05, 4.69) is 57.6 Å². The highest BCUT2D eigenvalue weighted by Crippen LogP contribution is 2.19. The summed E-state index contributed by atoms with van der Waals surface area (Å²) in [5, 5.41) is 6.91. The number of benzene rings is 1. The highest BCUT2D eigenvalue weighted by Gasteiger charge is 2.16. The second-order valence-electron chi connectivity index (χ2n) is 7.21. The Balaban J connectivity index is 1.82. The lowest BCUT2D eigenvalue weighted by molar-refractivity contribution is 0.301. The van der Waals surface area contributed by atoms with Crippen LogP contribution < -0.4 is 10.6 Å². The summed E-state index contributed by atoms with van der Waals surface area (Å²) in [6, 6.07) is 3.42. The van der Waals surface area contributed by atoms with Crippen LogP contribution in [-0.4, -0.2) is 41.0 Å². The Morgan fingerprint density at radius 3 is 2.69 bits per heavy atom. The normalized spacial score (nSPS) is 16.4. The van der Waals surface area contributed by atoms with Crippen molar-refractivity contribution >= 4 is 11.0 Å². The van der Waals surface area contributed by atoms with Crippen LogP contribution in [0.2, 0.25) is 0 Å². The fourth-order valence-corrected chi connectivity index (χ4v) is 3.34. The molecule has 0 bridgehead atoms. The first-order valence-electron chi connectivity index (χ1n) is 10.2. The van der Waals surface area contributed by atoms with Crippen molar-refractivity contribution in [1.82, 2.24) is 25.5 Å². The third-order valence-corrected chi connectivity index (χ3v) is 5.18. The zero-order chi connectivity index (χ0) is 20.6. The van der Waals surface area contributed by atoms with E-state index in [9.17, 15) is 4.39 Å². The number of nitrogens with zero attached hydrogens (tertiary/aromatic N) is 3. The Labute approximate surface area is 172 Å². The third-order valence-electron chi connectivity index (χ3n) is 5.18. The van der Waals surface area contributed by atoms with Gasteiger partial charge in [-0.05, 0) is 44.0 Å². The highest BCUT2D eigenvalue weighted by atomic mass is 19.1. The number of fused-ring (bicyclic) bond motifs is 1. The van der Waals surface area contributed by atoms with Crippen LogP contribution in [0.4, 0.5) is 4.39 Å². The predicted molar refractivity (Wildman–Crippen MR) is 117 cm³/mol. The molecule has 1 aliphatic rings. The lowest BCUT2D eigenvalue weighted by Crippen LogP contribution is -2.44. The molecule has 0 radical (unpaired) electrons. The maximum atomic E-state index is 14.4. The Morgan fingerprint density at radius 2 is 1.97 bits per heavy atom. The molecule has 1 saturated heterocycles. The van der Waals surface area contributed by atoms with Crippen molar-refractivity contribution in [3.05, 3.63) is 71.1 Å². The van der Waals surface area contributed by atoms with E-state index in [0.717, 1.165) is 43.9 Å². The largest absolute Gasteiger partial charge is 0.380 e. The molecule has 2 N–H and O–H groups in total. The molecular weight excluding hydrogens is 365 g/mol. The molecule has 2 heterocycles. The molecule has 2 aromatic rings. The van der Waals surface area contributed by atoms with E-state index in [0.29, 0.717) is 17.6 Å². The molecular formula is C23H30FN5. The fraction of sp³-hybridized carbons (Fsp3) is 0.391. The number of halogens is 1. The highest BCUT2D eigenvalue weighted by molar-refractivity contribution is 5.75. The van der Waals surface area contributed by atoms with Crippen molar-refractivity contribution in [3.63, 3.8) is 0 Å². The van der Waals surface area contributed by atoms with Gasteiger partial charge >= 0.3 is 0 Å². The van der Waals surface area contributed by atoms with Crippen molar-refractivity contribution < 1.29 is 4.39 Å². The SMILES string of the molecule is C\C=C(NCc1cc(F)c2nccnc2c1)/C(=C\C=C(/C)CC)N1CCNCC1. The van der Waals surface area contributed by atoms with Crippen molar-refractivity contribution in [2.24, 2.45) is 0 Å². The Bertz CT molecular complexity index is 926. The summed E-state index contributed by atoms with van der Waals surface area (Å²) in [7, 11) is 0. The molecule has 1 fully saturated rings. The van der Waals surface area contributed by atoms with E-state index in [1.807, 2.05) is 13.0 Å². The monoisotopic (exact) mass is 395 g/mol. The average Bonchev–Trinajstić information content (AvgIpc) is 2.76. The molecule has 29 heavy (non-hydrogen) atoms. The van der Waals surface area contributed by atoms with Crippen LogP contribution in [0.25, 0.3) is 11.0 Å². The van der Waals surface area contributed by atoms with Crippen molar-refractivity contribution in [2.45, 2.75) is 33.7 Å². The van der Waals surface area contributed by atoms with Gasteiger partial charge in [0.15, 0.2) is 5.82 Å². The van der Waals surface area contributed by atoms with Crippen LogP contribution in [-0.2, 0) is 6.54 Å². The van der Waals surface area contributed by atoms with E-state index >= 15 is 0 Å². The lowest BCUT2D eigenvalue weighted by Gasteiger charge is -2.33. The number of aromatic nitrogens is 2. The van der Waals surface area contributed by atoms with Crippen molar-refractivity contribution in [2.75, 3.05) is 26.2 Å². The van der Waals surface area contributed by atoms with Gasteiger partial charge in [0.1, 0.15) is 5.52 Å². The number of hydrogen-bond donors (Lipinski definition) is 2. The minimum absolute atomic E-state index is 0.309. The number of nitrogens with one attached hydrogen (secondary N) is 2. The zero-order valence-corrected chi connectivity index (χ0v) is 17.5.